The minimum absolute atomic E-state index is 0.0841. The third-order valence-electron chi connectivity index (χ3n) is 4.61. The fourth-order valence-corrected chi connectivity index (χ4v) is 4.71. The normalized spacial score (nSPS) is 23.8. The summed E-state index contributed by atoms with van der Waals surface area (Å²) in [6, 6.07) is 6.60. The number of hydrogen-bond donors (Lipinski definition) is 1. The number of nitrogens with one attached hydrogen (secondary N) is 1. The minimum Gasteiger partial charge on any atom is -0.380 e. The van der Waals surface area contributed by atoms with Crippen molar-refractivity contribution in [3.63, 3.8) is 0 Å². The average molecular weight is 347 g/mol. The number of halogens is 1. The van der Waals surface area contributed by atoms with E-state index in [-0.39, 0.29) is 17.8 Å². The monoisotopic (exact) mass is 347 g/mol. The molecule has 2 aromatic rings. The molecule has 1 aromatic carbocycles. The van der Waals surface area contributed by atoms with Crippen molar-refractivity contribution in [1.29, 1.82) is 0 Å². The van der Waals surface area contributed by atoms with Crippen LogP contribution in [0, 0.1) is 5.82 Å². The maximum atomic E-state index is 14.1. The fourth-order valence-electron chi connectivity index (χ4n) is 3.41. The summed E-state index contributed by atoms with van der Waals surface area (Å²) < 4.78 is 19.7. The number of benzene rings is 1. The maximum absolute atomic E-state index is 14.1. The lowest BCUT2D eigenvalue weighted by atomic mass is 10.0. The molecule has 0 spiro atoms. The third-order valence-corrected chi connectivity index (χ3v) is 5.90. The van der Waals surface area contributed by atoms with Crippen LogP contribution in [0.15, 0.2) is 30.5 Å². The van der Waals surface area contributed by atoms with E-state index in [1.165, 1.54) is 12.3 Å². The maximum Gasteiger partial charge on any atom is 0.258 e. The molecule has 2 aliphatic rings. The standard InChI is InChI=1S/C17H18FN3O2S/c18-13-4-2-1-3-11(13)16-12(9-19-20-16)17(22)21-6-8-24-15-10-23-7-5-14(15)21/h1-4,9,14-15H,5-8,10H2,(H,19,20). The second-order valence-electron chi connectivity index (χ2n) is 5.98. The number of H-pyrrole nitrogens is 1. The summed E-state index contributed by atoms with van der Waals surface area (Å²) in [6.45, 7) is 2.06. The first-order valence-electron chi connectivity index (χ1n) is 8.04. The Labute approximate surface area is 143 Å². The average Bonchev–Trinajstić information content (AvgIpc) is 3.10. The number of fused-ring (bicyclic) bond motifs is 1. The first kappa shape index (κ1) is 15.7. The smallest absolute Gasteiger partial charge is 0.258 e. The van der Waals surface area contributed by atoms with Crippen LogP contribution in [0.25, 0.3) is 11.3 Å². The van der Waals surface area contributed by atoms with Crippen molar-refractivity contribution in [2.75, 3.05) is 25.5 Å². The summed E-state index contributed by atoms with van der Waals surface area (Å²) in [6.07, 6.45) is 2.34. The number of rotatable bonds is 2. The van der Waals surface area contributed by atoms with Gasteiger partial charge in [0.05, 0.1) is 24.1 Å². The van der Waals surface area contributed by atoms with Gasteiger partial charge in [0, 0.05) is 35.8 Å². The van der Waals surface area contributed by atoms with Gasteiger partial charge in [0.2, 0.25) is 0 Å². The molecule has 2 aliphatic heterocycles. The summed E-state index contributed by atoms with van der Waals surface area (Å²) in [5.74, 6) is 0.441. The second kappa shape index (κ2) is 6.57. The van der Waals surface area contributed by atoms with E-state index >= 15 is 0 Å². The van der Waals surface area contributed by atoms with Gasteiger partial charge >= 0.3 is 0 Å². The first-order chi connectivity index (χ1) is 11.8. The number of carbonyl (C=O) groups is 1. The van der Waals surface area contributed by atoms with Gasteiger partial charge in [-0.25, -0.2) is 4.39 Å². The molecule has 24 heavy (non-hydrogen) atoms. The van der Waals surface area contributed by atoms with Gasteiger partial charge < -0.3 is 9.64 Å². The lowest BCUT2D eigenvalue weighted by Crippen LogP contribution is -2.54. The molecule has 2 unspecified atom stereocenters. The van der Waals surface area contributed by atoms with Crippen LogP contribution in [0.2, 0.25) is 0 Å². The minimum atomic E-state index is -0.367. The van der Waals surface area contributed by atoms with Crippen LogP contribution in [0.4, 0.5) is 4.39 Å². The van der Waals surface area contributed by atoms with Crippen LogP contribution >= 0.6 is 11.8 Å². The number of ether oxygens (including phenoxy) is 1. The fraction of sp³-hybridized carbons (Fsp3) is 0.412. The van der Waals surface area contributed by atoms with Gasteiger partial charge in [-0.05, 0) is 18.6 Å². The molecule has 0 bridgehead atoms. The van der Waals surface area contributed by atoms with Gasteiger partial charge in [0.25, 0.3) is 5.91 Å². The molecule has 3 heterocycles. The predicted octanol–water partition coefficient (Wildman–Crippen LogP) is 2.56. The van der Waals surface area contributed by atoms with Crippen LogP contribution in [-0.4, -0.2) is 57.8 Å². The molecular formula is C17H18FN3O2S. The van der Waals surface area contributed by atoms with E-state index in [0.717, 1.165) is 12.2 Å². The molecule has 7 heteroatoms. The number of carbonyl (C=O) groups excluding carboxylic acids is 1. The topological polar surface area (TPSA) is 58.2 Å². The molecule has 2 atom stereocenters. The number of aromatic nitrogens is 2. The Morgan fingerprint density at radius 3 is 3.17 bits per heavy atom. The summed E-state index contributed by atoms with van der Waals surface area (Å²) in [5, 5.41) is 7.10. The molecule has 0 aliphatic carbocycles. The van der Waals surface area contributed by atoms with Gasteiger partial charge in [-0.1, -0.05) is 12.1 Å². The van der Waals surface area contributed by atoms with Gasteiger partial charge in [0.1, 0.15) is 5.82 Å². The molecule has 0 saturated carbocycles. The number of amides is 1. The van der Waals surface area contributed by atoms with Crippen molar-refractivity contribution in [2.24, 2.45) is 0 Å². The van der Waals surface area contributed by atoms with Crippen molar-refractivity contribution in [3.8, 4) is 11.3 Å². The second-order valence-corrected chi connectivity index (χ2v) is 7.32. The highest BCUT2D eigenvalue weighted by Gasteiger charge is 2.38. The van der Waals surface area contributed by atoms with E-state index in [1.54, 1.807) is 18.2 Å². The Balaban J connectivity index is 1.66. The predicted molar refractivity (Wildman–Crippen MR) is 90.5 cm³/mol. The highest BCUT2D eigenvalue weighted by Crippen LogP contribution is 2.32. The van der Waals surface area contributed by atoms with E-state index in [4.69, 9.17) is 4.74 Å². The molecule has 1 amide bonds. The van der Waals surface area contributed by atoms with Crippen molar-refractivity contribution in [3.05, 3.63) is 41.8 Å². The van der Waals surface area contributed by atoms with E-state index in [0.29, 0.717) is 41.8 Å². The Kier molecular flexibility index (Phi) is 4.28. The van der Waals surface area contributed by atoms with Crippen molar-refractivity contribution < 1.29 is 13.9 Å². The van der Waals surface area contributed by atoms with Crippen LogP contribution in [0.5, 0.6) is 0 Å². The molecular weight excluding hydrogens is 329 g/mol. The largest absolute Gasteiger partial charge is 0.380 e. The Hall–Kier alpha value is -1.86. The molecule has 4 rings (SSSR count). The quantitative estimate of drug-likeness (QED) is 0.907. The first-order valence-corrected chi connectivity index (χ1v) is 9.09. The zero-order valence-electron chi connectivity index (χ0n) is 13.1. The number of nitrogens with zero attached hydrogens (tertiary/aromatic N) is 2. The van der Waals surface area contributed by atoms with Gasteiger partial charge in [-0.2, -0.15) is 16.9 Å². The van der Waals surface area contributed by atoms with Crippen LogP contribution in [0.1, 0.15) is 16.8 Å². The van der Waals surface area contributed by atoms with E-state index in [1.807, 2.05) is 16.7 Å². The molecule has 5 nitrogen and oxygen atoms in total. The third kappa shape index (κ3) is 2.71. The lowest BCUT2D eigenvalue weighted by molar-refractivity contribution is 0.0319. The number of thioether (sulfide) groups is 1. The summed E-state index contributed by atoms with van der Waals surface area (Å²) >= 11 is 1.87. The summed E-state index contributed by atoms with van der Waals surface area (Å²) in [7, 11) is 0. The van der Waals surface area contributed by atoms with Crippen LogP contribution < -0.4 is 0 Å². The van der Waals surface area contributed by atoms with Gasteiger partial charge in [-0.3, -0.25) is 9.89 Å². The SMILES string of the molecule is O=C(c1cn[nH]c1-c1ccccc1F)N1CCSC2COCCC21. The van der Waals surface area contributed by atoms with Crippen LogP contribution in [-0.2, 0) is 4.74 Å². The van der Waals surface area contributed by atoms with E-state index in [9.17, 15) is 9.18 Å². The van der Waals surface area contributed by atoms with Gasteiger partial charge in [0.15, 0.2) is 0 Å². The summed E-state index contributed by atoms with van der Waals surface area (Å²) in [4.78, 5) is 15.0. The van der Waals surface area contributed by atoms with Crippen LogP contribution in [0.3, 0.4) is 0 Å². The Bertz CT molecular complexity index is 749. The molecule has 1 aromatic heterocycles. The zero-order chi connectivity index (χ0) is 16.5. The van der Waals surface area contributed by atoms with E-state index in [2.05, 4.69) is 10.2 Å². The van der Waals surface area contributed by atoms with Crippen molar-refractivity contribution in [1.82, 2.24) is 15.1 Å². The highest BCUT2D eigenvalue weighted by molar-refractivity contribution is 8.00. The van der Waals surface area contributed by atoms with E-state index < -0.39 is 0 Å². The van der Waals surface area contributed by atoms with Crippen molar-refractivity contribution in [2.45, 2.75) is 17.7 Å². The Morgan fingerprint density at radius 1 is 1.42 bits per heavy atom. The molecule has 0 radical (unpaired) electrons. The molecule has 2 fully saturated rings. The lowest BCUT2D eigenvalue weighted by Gasteiger charge is -2.43. The van der Waals surface area contributed by atoms with Gasteiger partial charge in [-0.15, -0.1) is 0 Å². The molecule has 126 valence electrons. The molecule has 1 N–H and O–H groups in total. The zero-order valence-corrected chi connectivity index (χ0v) is 13.9. The number of aromatic amines is 1. The molecule has 2 saturated heterocycles. The van der Waals surface area contributed by atoms with Crippen molar-refractivity contribution >= 4 is 17.7 Å². The Morgan fingerprint density at radius 2 is 2.29 bits per heavy atom. The highest BCUT2D eigenvalue weighted by atomic mass is 32.2. The number of hydrogen-bond acceptors (Lipinski definition) is 4. The summed E-state index contributed by atoms with van der Waals surface area (Å²) in [5.41, 5.74) is 1.24.